The Bertz CT molecular complexity index is 603. The van der Waals surface area contributed by atoms with Crippen molar-refractivity contribution in [2.75, 3.05) is 27.4 Å². The molecule has 0 aromatic heterocycles. The Labute approximate surface area is 152 Å². The van der Waals surface area contributed by atoms with E-state index in [1.54, 1.807) is 6.07 Å². The highest BCUT2D eigenvalue weighted by molar-refractivity contribution is 7.85. The van der Waals surface area contributed by atoms with E-state index in [1.807, 2.05) is 14.1 Å². The van der Waals surface area contributed by atoms with Crippen molar-refractivity contribution in [3.63, 3.8) is 0 Å². The number of benzene rings is 1. The van der Waals surface area contributed by atoms with Gasteiger partial charge in [-0.3, -0.25) is 0 Å². The molecule has 6 nitrogen and oxygen atoms in total. The van der Waals surface area contributed by atoms with Gasteiger partial charge in [0.25, 0.3) is 0 Å². The maximum Gasteiger partial charge on any atom is 0.183 e. The van der Waals surface area contributed by atoms with Crippen LogP contribution in [0, 0.1) is 0 Å². The fourth-order valence-electron chi connectivity index (χ4n) is 2.60. The summed E-state index contributed by atoms with van der Waals surface area (Å²) in [5.74, 6) is 0.0842. The van der Waals surface area contributed by atoms with Crippen LogP contribution in [0.4, 0.5) is 0 Å². The molecule has 0 amide bonds. The summed E-state index contributed by atoms with van der Waals surface area (Å²) in [7, 11) is -0.458. The van der Waals surface area contributed by atoms with Gasteiger partial charge in [0.15, 0.2) is 6.73 Å². The van der Waals surface area contributed by atoms with E-state index >= 15 is 0 Å². The summed E-state index contributed by atoms with van der Waals surface area (Å²) in [4.78, 5) is -0.325. The van der Waals surface area contributed by atoms with E-state index in [1.165, 1.54) is 56.7 Å². The van der Waals surface area contributed by atoms with Crippen LogP contribution < -0.4 is 10.2 Å². The Morgan fingerprint density at radius 1 is 1.04 bits per heavy atom. The van der Waals surface area contributed by atoms with E-state index in [-0.39, 0.29) is 17.4 Å². The minimum atomic E-state index is -4.53. The molecule has 1 aromatic rings. The van der Waals surface area contributed by atoms with Crippen molar-refractivity contribution in [3.8, 4) is 5.75 Å². The monoisotopic (exact) mass is 372 g/mol. The molecular weight excluding hydrogens is 340 g/mol. The molecule has 0 radical (unpaired) electrons. The van der Waals surface area contributed by atoms with Gasteiger partial charge in [-0.1, -0.05) is 51.2 Å². The van der Waals surface area contributed by atoms with Crippen molar-refractivity contribution in [1.29, 1.82) is 0 Å². The highest BCUT2D eigenvalue weighted by Crippen LogP contribution is 2.22. The highest BCUT2D eigenvalue weighted by atomic mass is 32.2. The fraction of sp³-hybridized carbons (Fsp3) is 0.667. The Hall–Kier alpha value is -1.15. The van der Waals surface area contributed by atoms with Gasteiger partial charge in [0, 0.05) is 0 Å². The molecule has 0 heterocycles. The summed E-state index contributed by atoms with van der Waals surface area (Å²) < 4.78 is 39.7. The van der Waals surface area contributed by atoms with Gasteiger partial charge in [-0.2, -0.15) is 0 Å². The quantitative estimate of drug-likeness (QED) is 0.189. The molecule has 0 unspecified atom stereocenters. The largest absolute Gasteiger partial charge is 0.744 e. The zero-order valence-electron chi connectivity index (χ0n) is 15.7. The first kappa shape index (κ1) is 21.9. The standard InChI is InChI=1S/C18H32N2O4S/c1-4-5-6-7-8-9-12-15-20(2,3)19-16-24-17-13-10-11-14-18(17)25(21,22)23/h10-11,13-14,19H,4-9,12,15-16H2,1-3H3. The van der Waals surface area contributed by atoms with Crippen molar-refractivity contribution < 1.29 is 22.3 Å². The van der Waals surface area contributed by atoms with Gasteiger partial charge in [0.2, 0.25) is 0 Å². The van der Waals surface area contributed by atoms with Gasteiger partial charge in [0.05, 0.1) is 25.5 Å². The maximum absolute atomic E-state index is 11.2. The van der Waals surface area contributed by atoms with Gasteiger partial charge in [-0.05, 0) is 25.0 Å². The first-order chi connectivity index (χ1) is 11.8. The lowest BCUT2D eigenvalue weighted by atomic mass is 10.1. The van der Waals surface area contributed by atoms with Crippen molar-refractivity contribution in [3.05, 3.63) is 24.3 Å². The molecule has 0 aliphatic heterocycles. The molecule has 0 spiro atoms. The third kappa shape index (κ3) is 9.21. The molecule has 25 heavy (non-hydrogen) atoms. The molecule has 1 aromatic carbocycles. The molecule has 0 saturated heterocycles. The van der Waals surface area contributed by atoms with Crippen LogP contribution in [-0.4, -0.2) is 44.9 Å². The van der Waals surface area contributed by atoms with E-state index in [2.05, 4.69) is 12.3 Å². The van der Waals surface area contributed by atoms with E-state index in [0.717, 1.165) is 13.0 Å². The molecule has 0 aliphatic carbocycles. The second-order valence-electron chi connectivity index (χ2n) is 6.88. The lowest BCUT2D eigenvalue weighted by molar-refractivity contribution is -0.936. The maximum atomic E-state index is 11.2. The van der Waals surface area contributed by atoms with Crippen LogP contribution in [0.1, 0.15) is 51.9 Å². The number of para-hydroxylation sites is 1. The average Bonchev–Trinajstić information content (AvgIpc) is 2.53. The minimum Gasteiger partial charge on any atom is -0.744 e. The molecule has 0 aliphatic rings. The normalized spacial score (nSPS) is 12.3. The predicted octanol–water partition coefficient (Wildman–Crippen LogP) is 3.26. The van der Waals surface area contributed by atoms with Gasteiger partial charge < -0.3 is 9.29 Å². The Kier molecular flexibility index (Phi) is 9.42. The van der Waals surface area contributed by atoms with Crippen LogP contribution in [0.5, 0.6) is 5.75 Å². The predicted molar refractivity (Wildman–Crippen MR) is 98.0 cm³/mol. The summed E-state index contributed by atoms with van der Waals surface area (Å²) in [6.45, 7) is 3.31. The molecule has 0 fully saturated rings. The third-order valence-corrected chi connectivity index (χ3v) is 5.04. The Morgan fingerprint density at radius 3 is 2.28 bits per heavy atom. The number of nitrogens with zero attached hydrogens (tertiary/aromatic N) is 1. The Morgan fingerprint density at radius 2 is 1.64 bits per heavy atom. The zero-order valence-corrected chi connectivity index (χ0v) is 16.5. The van der Waals surface area contributed by atoms with Crippen molar-refractivity contribution in [2.45, 2.75) is 56.8 Å². The molecule has 1 N–H and O–H groups in total. The smallest absolute Gasteiger partial charge is 0.183 e. The number of ether oxygens (including phenoxy) is 1. The van der Waals surface area contributed by atoms with Crippen LogP contribution in [0.2, 0.25) is 0 Å². The summed E-state index contributed by atoms with van der Waals surface area (Å²) >= 11 is 0. The van der Waals surface area contributed by atoms with E-state index in [0.29, 0.717) is 4.59 Å². The fourth-order valence-corrected chi connectivity index (χ4v) is 3.22. The topological polar surface area (TPSA) is 78.5 Å². The van der Waals surface area contributed by atoms with Gasteiger partial charge >= 0.3 is 0 Å². The summed E-state index contributed by atoms with van der Waals surface area (Å²) in [5, 5.41) is 0. The van der Waals surface area contributed by atoms with Gasteiger partial charge in [0.1, 0.15) is 15.9 Å². The van der Waals surface area contributed by atoms with Crippen molar-refractivity contribution in [2.24, 2.45) is 0 Å². The summed E-state index contributed by atoms with van der Waals surface area (Å²) in [6, 6.07) is 5.90. The van der Waals surface area contributed by atoms with Crippen LogP contribution in [-0.2, 0) is 10.1 Å². The lowest BCUT2D eigenvalue weighted by Crippen LogP contribution is -2.53. The first-order valence-electron chi connectivity index (χ1n) is 9.02. The molecule has 144 valence electrons. The zero-order chi connectivity index (χ0) is 18.8. The molecule has 7 heteroatoms. The van der Waals surface area contributed by atoms with Crippen LogP contribution in [0.15, 0.2) is 29.2 Å². The molecule has 0 saturated carbocycles. The van der Waals surface area contributed by atoms with Crippen LogP contribution in [0.3, 0.4) is 0 Å². The average molecular weight is 373 g/mol. The second-order valence-corrected chi connectivity index (χ2v) is 8.23. The third-order valence-electron chi connectivity index (χ3n) is 4.16. The highest BCUT2D eigenvalue weighted by Gasteiger charge is 2.15. The molecule has 1 rings (SSSR count). The molecule has 0 bridgehead atoms. The second kappa shape index (κ2) is 10.8. The number of nitrogens with one attached hydrogen (secondary N) is 1. The van der Waals surface area contributed by atoms with E-state index in [4.69, 9.17) is 4.74 Å². The number of rotatable bonds is 13. The SMILES string of the molecule is CCCCCCCCC[N+](C)(C)NCOc1ccccc1S(=O)(=O)[O-]. The van der Waals surface area contributed by atoms with Gasteiger partial charge in [-0.25, -0.2) is 13.0 Å². The lowest BCUT2D eigenvalue weighted by Gasteiger charge is -2.29. The summed E-state index contributed by atoms with van der Waals surface area (Å²) in [5.41, 5.74) is 3.22. The van der Waals surface area contributed by atoms with Crippen LogP contribution in [0.25, 0.3) is 0 Å². The van der Waals surface area contributed by atoms with Crippen molar-refractivity contribution in [1.82, 2.24) is 5.43 Å². The van der Waals surface area contributed by atoms with Crippen molar-refractivity contribution >= 4 is 10.1 Å². The minimum absolute atomic E-state index is 0.0842. The summed E-state index contributed by atoms with van der Waals surface area (Å²) in [6.07, 6.45) is 8.82. The number of unbranched alkanes of at least 4 members (excludes halogenated alkanes) is 6. The first-order valence-corrected chi connectivity index (χ1v) is 10.4. The van der Waals surface area contributed by atoms with Gasteiger partial charge in [-0.15, -0.1) is 5.43 Å². The van der Waals surface area contributed by atoms with E-state index < -0.39 is 10.1 Å². The van der Waals surface area contributed by atoms with Crippen LogP contribution >= 0.6 is 0 Å². The van der Waals surface area contributed by atoms with E-state index in [9.17, 15) is 13.0 Å². The number of hydrogen-bond acceptors (Lipinski definition) is 5. The molecular formula is C18H32N2O4S. The Balaban J connectivity index is 2.33. The molecule has 0 atom stereocenters. The number of quaternary nitrogens is 1. The number of hydrogen-bond donors (Lipinski definition) is 1.